The predicted molar refractivity (Wildman–Crippen MR) is 55.1 cm³/mol. The summed E-state index contributed by atoms with van der Waals surface area (Å²) in [5, 5.41) is 0. The quantitative estimate of drug-likeness (QED) is 0.446. The van der Waals surface area contributed by atoms with Crippen molar-refractivity contribution in [1.82, 2.24) is 0 Å². The summed E-state index contributed by atoms with van der Waals surface area (Å²) in [5.41, 5.74) is 0. The molecule has 0 aromatic heterocycles. The topological polar surface area (TPSA) is 9.23 Å². The maximum atomic E-state index is 5.44. The zero-order valence-corrected chi connectivity index (χ0v) is 9.56. The van der Waals surface area contributed by atoms with Crippen LogP contribution >= 0.6 is 0 Å². The summed E-state index contributed by atoms with van der Waals surface area (Å²) in [4.78, 5) is 0. The Morgan fingerprint density at radius 3 is 2.17 bits per heavy atom. The highest BCUT2D eigenvalue weighted by molar-refractivity contribution is 6.55. The molecule has 0 spiro atoms. The van der Waals surface area contributed by atoms with Crippen LogP contribution in [0, 0.1) is 0 Å². The highest BCUT2D eigenvalue weighted by Gasteiger charge is 1.94. The lowest BCUT2D eigenvalue weighted by molar-refractivity contribution is 0.132. The SMILES string of the molecule is CCCCOCCC[Si](C)C.F. The van der Waals surface area contributed by atoms with E-state index in [-0.39, 0.29) is 13.5 Å². The average molecular weight is 193 g/mol. The smallest absolute Gasteiger partial charge is 0.0465 e. The van der Waals surface area contributed by atoms with Crippen LogP contribution in [0.1, 0.15) is 26.2 Å². The second kappa shape index (κ2) is 11.1. The van der Waals surface area contributed by atoms with Gasteiger partial charge in [-0.3, -0.25) is 4.70 Å². The third-order valence-electron chi connectivity index (χ3n) is 1.61. The molecule has 75 valence electrons. The minimum absolute atomic E-state index is 0. The van der Waals surface area contributed by atoms with Crippen molar-refractivity contribution >= 4 is 8.80 Å². The molecule has 0 aliphatic rings. The zero-order chi connectivity index (χ0) is 8.53. The van der Waals surface area contributed by atoms with Crippen LogP contribution in [0.15, 0.2) is 0 Å². The van der Waals surface area contributed by atoms with E-state index < -0.39 is 0 Å². The van der Waals surface area contributed by atoms with Crippen LogP contribution in [-0.2, 0) is 4.74 Å². The van der Waals surface area contributed by atoms with Crippen molar-refractivity contribution in [2.45, 2.75) is 45.3 Å². The largest absolute Gasteiger partial charge is 0.381 e. The summed E-state index contributed by atoms with van der Waals surface area (Å²) in [6.45, 7) is 8.86. The Morgan fingerprint density at radius 1 is 1.08 bits per heavy atom. The van der Waals surface area contributed by atoms with Crippen LogP contribution in [0.3, 0.4) is 0 Å². The summed E-state index contributed by atoms with van der Waals surface area (Å²) in [7, 11) is -0.00715. The van der Waals surface area contributed by atoms with Crippen molar-refractivity contribution in [3.05, 3.63) is 0 Å². The maximum absolute atomic E-state index is 5.44. The molecule has 0 aliphatic heterocycles. The molecule has 0 aromatic carbocycles. The Bertz CT molecular complexity index is 78.9. The first-order valence-electron chi connectivity index (χ1n) is 4.64. The molecule has 0 fully saturated rings. The lowest BCUT2D eigenvalue weighted by Gasteiger charge is -2.03. The first-order chi connectivity index (χ1) is 5.27. The Labute approximate surface area is 77.5 Å². The molecule has 0 unspecified atom stereocenters. The fourth-order valence-electron chi connectivity index (χ4n) is 0.876. The minimum atomic E-state index is -0.00715. The van der Waals surface area contributed by atoms with E-state index >= 15 is 0 Å². The van der Waals surface area contributed by atoms with E-state index in [2.05, 4.69) is 20.0 Å². The van der Waals surface area contributed by atoms with E-state index in [4.69, 9.17) is 4.74 Å². The Balaban J connectivity index is 0. The van der Waals surface area contributed by atoms with E-state index in [1.54, 1.807) is 0 Å². The van der Waals surface area contributed by atoms with E-state index in [0.717, 1.165) is 13.2 Å². The second-order valence-electron chi connectivity index (χ2n) is 3.28. The van der Waals surface area contributed by atoms with Crippen LogP contribution in [0.25, 0.3) is 0 Å². The summed E-state index contributed by atoms with van der Waals surface area (Å²) < 4.78 is 5.44. The molecule has 0 atom stereocenters. The van der Waals surface area contributed by atoms with Crippen molar-refractivity contribution in [2.24, 2.45) is 0 Å². The number of hydrogen-bond donors (Lipinski definition) is 0. The van der Waals surface area contributed by atoms with Crippen molar-refractivity contribution < 1.29 is 9.44 Å². The fourth-order valence-corrected chi connectivity index (χ4v) is 1.73. The summed E-state index contributed by atoms with van der Waals surface area (Å²) in [6, 6.07) is 1.40. The van der Waals surface area contributed by atoms with Crippen molar-refractivity contribution in [3.63, 3.8) is 0 Å². The maximum Gasteiger partial charge on any atom is 0.0465 e. The molecule has 0 aromatic rings. The van der Waals surface area contributed by atoms with Gasteiger partial charge in [-0.2, -0.15) is 0 Å². The van der Waals surface area contributed by atoms with Gasteiger partial charge in [-0.05, 0) is 12.8 Å². The van der Waals surface area contributed by atoms with Gasteiger partial charge in [0.2, 0.25) is 0 Å². The van der Waals surface area contributed by atoms with Crippen LogP contribution in [0.2, 0.25) is 19.1 Å². The van der Waals surface area contributed by atoms with Gasteiger partial charge in [-0.25, -0.2) is 0 Å². The average Bonchev–Trinajstić information content (AvgIpc) is 1.96. The predicted octanol–water partition coefficient (Wildman–Crippen LogP) is 3.10. The third-order valence-corrected chi connectivity index (χ3v) is 2.96. The lowest BCUT2D eigenvalue weighted by atomic mass is 10.4. The van der Waals surface area contributed by atoms with Crippen LogP contribution in [-0.4, -0.2) is 22.0 Å². The molecule has 1 nitrogen and oxygen atoms in total. The molecule has 0 N–H and O–H groups in total. The Hall–Kier alpha value is 0.107. The van der Waals surface area contributed by atoms with E-state index in [1.165, 1.54) is 25.3 Å². The molecule has 0 heterocycles. The zero-order valence-electron chi connectivity index (χ0n) is 8.56. The van der Waals surface area contributed by atoms with E-state index in [0.29, 0.717) is 0 Å². The third kappa shape index (κ3) is 12.8. The lowest BCUT2D eigenvalue weighted by Crippen LogP contribution is -2.03. The first kappa shape index (κ1) is 14.6. The molecule has 0 saturated carbocycles. The van der Waals surface area contributed by atoms with Crippen molar-refractivity contribution in [2.75, 3.05) is 13.2 Å². The van der Waals surface area contributed by atoms with Gasteiger partial charge >= 0.3 is 0 Å². The molecule has 12 heavy (non-hydrogen) atoms. The Kier molecular flexibility index (Phi) is 13.5. The normalized spacial score (nSPS) is 10.0. The molecule has 1 radical (unpaired) electrons. The summed E-state index contributed by atoms with van der Waals surface area (Å²) in [6.07, 6.45) is 3.73. The highest BCUT2D eigenvalue weighted by atomic mass is 28.3. The van der Waals surface area contributed by atoms with Crippen molar-refractivity contribution in [1.29, 1.82) is 0 Å². The summed E-state index contributed by atoms with van der Waals surface area (Å²) >= 11 is 0. The molecule has 0 bridgehead atoms. The number of ether oxygens (including phenoxy) is 1. The van der Waals surface area contributed by atoms with E-state index in [1.807, 2.05) is 0 Å². The minimum Gasteiger partial charge on any atom is -0.381 e. The standard InChI is InChI=1S/C9H21OSi.FH/c1-4-5-7-10-8-6-9-11(2)3;/h4-9H2,1-3H3;1H. The van der Waals surface area contributed by atoms with Crippen LogP contribution in [0.5, 0.6) is 0 Å². The highest BCUT2D eigenvalue weighted by Crippen LogP contribution is 1.97. The van der Waals surface area contributed by atoms with Gasteiger partial charge in [0.1, 0.15) is 0 Å². The molecule has 0 rings (SSSR count). The number of halogens is 1. The fraction of sp³-hybridized carbons (Fsp3) is 1.00. The summed E-state index contributed by atoms with van der Waals surface area (Å²) in [5.74, 6) is 0. The van der Waals surface area contributed by atoms with Crippen LogP contribution in [0.4, 0.5) is 4.70 Å². The van der Waals surface area contributed by atoms with Gasteiger partial charge in [0.05, 0.1) is 0 Å². The molecule has 0 amide bonds. The van der Waals surface area contributed by atoms with Gasteiger partial charge in [-0.15, -0.1) is 0 Å². The Morgan fingerprint density at radius 2 is 1.67 bits per heavy atom. The monoisotopic (exact) mass is 193 g/mol. The van der Waals surface area contributed by atoms with Gasteiger partial charge in [0.15, 0.2) is 0 Å². The molecule has 3 heteroatoms. The van der Waals surface area contributed by atoms with Gasteiger partial charge in [0, 0.05) is 22.0 Å². The number of hydrogen-bond acceptors (Lipinski definition) is 1. The molecule has 0 aliphatic carbocycles. The van der Waals surface area contributed by atoms with Gasteiger partial charge in [-0.1, -0.05) is 32.5 Å². The van der Waals surface area contributed by atoms with Crippen molar-refractivity contribution in [3.8, 4) is 0 Å². The number of rotatable bonds is 7. The second-order valence-corrected chi connectivity index (χ2v) is 6.19. The molecular formula is C9H22FOSi. The first-order valence-corrected chi connectivity index (χ1v) is 7.35. The van der Waals surface area contributed by atoms with Crippen LogP contribution < -0.4 is 0 Å². The molecular weight excluding hydrogens is 171 g/mol. The van der Waals surface area contributed by atoms with Gasteiger partial charge in [0.25, 0.3) is 0 Å². The van der Waals surface area contributed by atoms with Gasteiger partial charge < -0.3 is 4.74 Å². The van der Waals surface area contributed by atoms with E-state index in [9.17, 15) is 0 Å². The molecule has 0 saturated heterocycles. The number of unbranched alkanes of at least 4 members (excludes halogenated alkanes) is 1.